The largest absolute Gasteiger partial charge is 0.574 e. The van der Waals surface area contributed by atoms with E-state index in [1.165, 1.54) is 0 Å². The molecule has 16 heavy (non-hydrogen) atoms. The molecular weight excluding hydrogens is 295 g/mol. The Morgan fingerprint density at radius 3 is 2.50 bits per heavy atom. The Balaban J connectivity index is 3.12. The first-order chi connectivity index (χ1) is 7.37. The molecule has 0 fully saturated rings. The summed E-state index contributed by atoms with van der Waals surface area (Å²) in [6.07, 6.45) is -4.86. The van der Waals surface area contributed by atoms with Crippen LogP contribution in [0.15, 0.2) is 6.07 Å². The minimum atomic E-state index is -4.86. The normalized spacial score (nSPS) is 11.6. The highest BCUT2D eigenvalue weighted by Gasteiger charge is 2.32. The molecule has 0 saturated carbocycles. The van der Waals surface area contributed by atoms with Crippen molar-refractivity contribution in [1.29, 1.82) is 0 Å². The molecule has 0 aliphatic carbocycles. The molecule has 0 radical (unpaired) electrons. The van der Waals surface area contributed by atoms with Gasteiger partial charge in [0.2, 0.25) is 5.88 Å². The minimum Gasteiger partial charge on any atom is -0.506 e. The van der Waals surface area contributed by atoms with Crippen LogP contribution in [0.2, 0.25) is 0 Å². The van der Waals surface area contributed by atoms with Gasteiger partial charge in [-0.1, -0.05) is 15.9 Å². The molecule has 0 aliphatic rings. The minimum absolute atomic E-state index is 0.114. The van der Waals surface area contributed by atoms with E-state index in [1.54, 1.807) is 0 Å². The Kier molecular flexibility index (Phi) is 3.98. The molecule has 0 aromatic carbocycles. The van der Waals surface area contributed by atoms with Gasteiger partial charge in [0.1, 0.15) is 11.4 Å². The topological polar surface area (TPSA) is 62.6 Å². The van der Waals surface area contributed by atoms with Gasteiger partial charge in [0, 0.05) is 17.0 Å². The average Bonchev–Trinajstić information content (AvgIpc) is 2.18. The van der Waals surface area contributed by atoms with Gasteiger partial charge in [-0.25, -0.2) is 4.98 Å². The van der Waals surface area contributed by atoms with E-state index in [2.05, 4.69) is 25.7 Å². The number of pyridine rings is 1. The predicted octanol–water partition coefficient (Wildman–Crippen LogP) is 2.07. The van der Waals surface area contributed by atoms with Crippen LogP contribution >= 0.6 is 15.9 Å². The molecule has 0 amide bonds. The fourth-order valence-corrected chi connectivity index (χ4v) is 1.43. The summed E-state index contributed by atoms with van der Waals surface area (Å²) in [5.41, 5.74) is -0.116. The van der Waals surface area contributed by atoms with Crippen LogP contribution in [0.4, 0.5) is 13.2 Å². The smallest absolute Gasteiger partial charge is 0.506 e. The van der Waals surface area contributed by atoms with Crippen LogP contribution < -0.4 is 4.74 Å². The quantitative estimate of drug-likeness (QED) is 0.839. The summed E-state index contributed by atoms with van der Waals surface area (Å²) in [7, 11) is 0. The molecule has 2 N–H and O–H groups in total. The van der Waals surface area contributed by atoms with Crippen LogP contribution in [0.3, 0.4) is 0 Å². The van der Waals surface area contributed by atoms with E-state index in [0.29, 0.717) is 0 Å². The van der Waals surface area contributed by atoms with Crippen molar-refractivity contribution < 1.29 is 28.1 Å². The standard InChI is InChI=1S/C8H7BrF3NO3/c9-2-4-1-6(16-8(10,11)12)13-5(3-14)7(4)15/h1,14-15H,2-3H2. The number of ether oxygens (including phenoxy) is 1. The number of aliphatic hydroxyl groups is 1. The number of aromatic nitrogens is 1. The Morgan fingerprint density at radius 1 is 1.44 bits per heavy atom. The van der Waals surface area contributed by atoms with E-state index in [0.717, 1.165) is 6.07 Å². The first kappa shape index (κ1) is 13.0. The van der Waals surface area contributed by atoms with Crippen molar-refractivity contribution in [2.45, 2.75) is 18.3 Å². The second-order valence-electron chi connectivity index (χ2n) is 2.75. The van der Waals surface area contributed by atoms with Crippen molar-refractivity contribution in [3.63, 3.8) is 0 Å². The lowest BCUT2D eigenvalue weighted by molar-refractivity contribution is -0.276. The third-order valence-electron chi connectivity index (χ3n) is 1.63. The summed E-state index contributed by atoms with van der Waals surface area (Å²) in [6, 6.07) is 0.941. The fourth-order valence-electron chi connectivity index (χ4n) is 1.00. The highest BCUT2D eigenvalue weighted by atomic mass is 79.9. The zero-order valence-corrected chi connectivity index (χ0v) is 9.34. The van der Waals surface area contributed by atoms with Crippen LogP contribution in [0.5, 0.6) is 11.6 Å². The van der Waals surface area contributed by atoms with Crippen LogP contribution in [-0.2, 0) is 11.9 Å². The summed E-state index contributed by atoms with van der Waals surface area (Å²) in [4.78, 5) is 3.32. The lowest BCUT2D eigenvalue weighted by Crippen LogP contribution is -2.18. The molecule has 0 bridgehead atoms. The van der Waals surface area contributed by atoms with Crippen molar-refractivity contribution in [1.82, 2.24) is 4.98 Å². The SMILES string of the molecule is OCc1nc(OC(F)(F)F)cc(CBr)c1O. The zero-order chi connectivity index (χ0) is 12.3. The summed E-state index contributed by atoms with van der Waals surface area (Å²) in [5.74, 6) is -1.07. The predicted molar refractivity (Wildman–Crippen MR) is 51.1 cm³/mol. The maximum Gasteiger partial charge on any atom is 0.574 e. The van der Waals surface area contributed by atoms with Crippen molar-refractivity contribution >= 4 is 15.9 Å². The Morgan fingerprint density at radius 2 is 2.06 bits per heavy atom. The number of aliphatic hydroxyl groups excluding tert-OH is 1. The molecule has 0 saturated heterocycles. The lowest BCUT2D eigenvalue weighted by atomic mass is 10.2. The van der Waals surface area contributed by atoms with Gasteiger partial charge in [-0.05, 0) is 0 Å². The summed E-state index contributed by atoms with van der Waals surface area (Å²) in [5, 5.41) is 18.3. The number of nitrogens with zero attached hydrogens (tertiary/aromatic N) is 1. The number of halogens is 4. The molecule has 1 rings (SSSR count). The third-order valence-corrected chi connectivity index (χ3v) is 2.24. The lowest BCUT2D eigenvalue weighted by Gasteiger charge is -2.11. The molecule has 90 valence electrons. The van der Waals surface area contributed by atoms with Gasteiger partial charge in [0.25, 0.3) is 0 Å². The van der Waals surface area contributed by atoms with Crippen LogP contribution in [0.1, 0.15) is 11.3 Å². The summed E-state index contributed by atoms with van der Waals surface area (Å²) in [6.45, 7) is -0.680. The van der Waals surface area contributed by atoms with E-state index in [9.17, 15) is 18.3 Å². The van der Waals surface area contributed by atoms with E-state index >= 15 is 0 Å². The van der Waals surface area contributed by atoms with Gasteiger partial charge in [-0.15, -0.1) is 13.2 Å². The monoisotopic (exact) mass is 301 g/mol. The molecule has 0 aliphatic heterocycles. The third kappa shape index (κ3) is 3.24. The number of rotatable bonds is 3. The Labute approximate surface area is 96.8 Å². The van der Waals surface area contributed by atoms with E-state index in [1.807, 2.05) is 0 Å². The molecule has 1 aromatic rings. The van der Waals surface area contributed by atoms with Crippen LogP contribution in [0, 0.1) is 0 Å². The van der Waals surface area contributed by atoms with Crippen molar-refractivity contribution in [3.8, 4) is 11.6 Å². The maximum absolute atomic E-state index is 11.9. The van der Waals surface area contributed by atoms with Gasteiger partial charge in [0.15, 0.2) is 0 Å². The van der Waals surface area contributed by atoms with Crippen LogP contribution in [-0.4, -0.2) is 21.6 Å². The average molecular weight is 302 g/mol. The molecule has 0 atom stereocenters. The van der Waals surface area contributed by atoms with E-state index in [4.69, 9.17) is 5.11 Å². The Hall–Kier alpha value is -1.02. The Bertz CT molecular complexity index is 358. The first-order valence-electron chi connectivity index (χ1n) is 4.01. The molecule has 4 nitrogen and oxygen atoms in total. The van der Waals surface area contributed by atoms with Crippen LogP contribution in [0.25, 0.3) is 0 Å². The van der Waals surface area contributed by atoms with Gasteiger partial charge in [0.05, 0.1) is 6.61 Å². The molecule has 0 spiro atoms. The van der Waals surface area contributed by atoms with Crippen molar-refractivity contribution in [3.05, 3.63) is 17.3 Å². The first-order valence-corrected chi connectivity index (χ1v) is 5.14. The molecule has 1 aromatic heterocycles. The van der Waals surface area contributed by atoms with E-state index < -0.39 is 18.8 Å². The highest BCUT2D eigenvalue weighted by molar-refractivity contribution is 9.08. The zero-order valence-electron chi connectivity index (χ0n) is 7.75. The molecule has 1 heterocycles. The fraction of sp³-hybridized carbons (Fsp3) is 0.375. The second kappa shape index (κ2) is 4.88. The number of hydrogen-bond acceptors (Lipinski definition) is 4. The number of hydrogen-bond donors (Lipinski definition) is 2. The maximum atomic E-state index is 11.9. The van der Waals surface area contributed by atoms with Gasteiger partial charge in [-0.2, -0.15) is 0 Å². The summed E-state index contributed by atoms with van der Waals surface area (Å²) >= 11 is 2.98. The summed E-state index contributed by atoms with van der Waals surface area (Å²) < 4.78 is 39.3. The molecular formula is C8H7BrF3NO3. The van der Waals surface area contributed by atoms with Gasteiger partial charge < -0.3 is 14.9 Å². The van der Waals surface area contributed by atoms with Gasteiger partial charge in [-0.3, -0.25) is 0 Å². The van der Waals surface area contributed by atoms with Crippen molar-refractivity contribution in [2.75, 3.05) is 0 Å². The number of aromatic hydroxyl groups is 1. The highest BCUT2D eigenvalue weighted by Crippen LogP contribution is 2.29. The molecule has 8 heteroatoms. The number of alkyl halides is 4. The second-order valence-corrected chi connectivity index (χ2v) is 3.32. The van der Waals surface area contributed by atoms with Gasteiger partial charge >= 0.3 is 6.36 Å². The molecule has 0 unspecified atom stereocenters. The van der Waals surface area contributed by atoms with Crippen molar-refractivity contribution in [2.24, 2.45) is 0 Å². The van der Waals surface area contributed by atoms with E-state index in [-0.39, 0.29) is 22.3 Å².